The van der Waals surface area contributed by atoms with Gasteiger partial charge in [-0.3, -0.25) is 4.79 Å². The van der Waals surface area contributed by atoms with Crippen molar-refractivity contribution >= 4 is 32.8 Å². The van der Waals surface area contributed by atoms with Crippen LogP contribution in [-0.4, -0.2) is 43.9 Å². The van der Waals surface area contributed by atoms with Gasteiger partial charge in [0, 0.05) is 41.2 Å². The van der Waals surface area contributed by atoms with Crippen molar-refractivity contribution in [2.24, 2.45) is 0 Å². The molecule has 158 valence electrons. The Kier molecular flexibility index (Phi) is 6.70. The molecule has 0 saturated heterocycles. The van der Waals surface area contributed by atoms with E-state index in [1.807, 2.05) is 6.92 Å². The number of benzene rings is 2. The van der Waals surface area contributed by atoms with Crippen LogP contribution in [0.15, 0.2) is 53.6 Å². The summed E-state index contributed by atoms with van der Waals surface area (Å²) < 4.78 is 34.4. The van der Waals surface area contributed by atoms with E-state index in [1.165, 1.54) is 35.6 Å². The van der Waals surface area contributed by atoms with E-state index in [2.05, 4.69) is 10.3 Å². The van der Waals surface area contributed by atoms with Gasteiger partial charge in [-0.1, -0.05) is 0 Å². The van der Waals surface area contributed by atoms with Gasteiger partial charge in [0.05, 0.1) is 11.5 Å². The van der Waals surface area contributed by atoms with Crippen LogP contribution in [0.3, 0.4) is 0 Å². The van der Waals surface area contributed by atoms with Gasteiger partial charge in [-0.05, 0) is 31.2 Å². The van der Waals surface area contributed by atoms with Crippen LogP contribution in [0.5, 0.6) is 17.2 Å². The number of carbonyl (C=O) groups excluding carboxylic acids is 1. The van der Waals surface area contributed by atoms with E-state index >= 15 is 0 Å². The smallest absolute Gasteiger partial charge is 0.284 e. The number of hydrogen-bond donors (Lipinski definition) is 2. The van der Waals surface area contributed by atoms with E-state index in [0.717, 1.165) is 11.1 Å². The average molecular weight is 449 g/mol. The van der Waals surface area contributed by atoms with E-state index in [9.17, 15) is 13.2 Å². The Balaban J connectivity index is 1.84. The molecule has 1 aromatic heterocycles. The summed E-state index contributed by atoms with van der Waals surface area (Å²) in [5.41, 5.74) is 0.422. The van der Waals surface area contributed by atoms with Gasteiger partial charge >= 0.3 is 0 Å². The quantitative estimate of drug-likeness (QED) is 0.543. The first-order valence-corrected chi connectivity index (χ1v) is 11.6. The maximum atomic E-state index is 12.4. The van der Waals surface area contributed by atoms with Crippen LogP contribution in [0.25, 0.3) is 0 Å². The summed E-state index contributed by atoms with van der Waals surface area (Å²) in [6, 6.07) is 10.8. The van der Waals surface area contributed by atoms with Crippen molar-refractivity contribution in [2.45, 2.75) is 11.8 Å². The van der Waals surface area contributed by atoms with Crippen molar-refractivity contribution in [1.82, 2.24) is 4.98 Å². The van der Waals surface area contributed by atoms with E-state index in [4.69, 9.17) is 14.6 Å². The Morgan fingerprint density at radius 3 is 2.43 bits per heavy atom. The lowest BCUT2D eigenvalue weighted by atomic mass is 10.2. The maximum Gasteiger partial charge on any atom is 0.284 e. The van der Waals surface area contributed by atoms with Crippen molar-refractivity contribution in [3.05, 3.63) is 58.5 Å². The zero-order valence-electron chi connectivity index (χ0n) is 16.3. The molecule has 1 amide bonds. The molecule has 0 bridgehead atoms. The first-order chi connectivity index (χ1) is 14.2. The van der Waals surface area contributed by atoms with Gasteiger partial charge in [0.2, 0.25) is 0 Å². The first-order valence-electron chi connectivity index (χ1n) is 8.85. The molecule has 0 aliphatic heterocycles. The summed E-state index contributed by atoms with van der Waals surface area (Å²) in [5, 5.41) is 12.1. The lowest BCUT2D eigenvalue weighted by Crippen LogP contribution is -2.11. The van der Waals surface area contributed by atoms with E-state index < -0.39 is 9.84 Å². The van der Waals surface area contributed by atoms with Gasteiger partial charge in [-0.2, -0.15) is 0 Å². The average Bonchev–Trinajstić information content (AvgIpc) is 3.12. The molecule has 0 fully saturated rings. The van der Waals surface area contributed by atoms with Crippen molar-refractivity contribution in [1.29, 1.82) is 0 Å². The lowest BCUT2D eigenvalue weighted by molar-refractivity contribution is 0.102. The number of ether oxygens (including phenoxy) is 2. The maximum absolute atomic E-state index is 12.4. The highest BCUT2D eigenvalue weighted by Crippen LogP contribution is 2.31. The molecule has 0 radical (unpaired) electrons. The Hall–Kier alpha value is -2.95. The van der Waals surface area contributed by atoms with Gasteiger partial charge in [0.1, 0.15) is 23.9 Å². The molecule has 0 spiro atoms. The molecule has 0 atom stereocenters. The molecule has 30 heavy (non-hydrogen) atoms. The molecule has 1 heterocycles. The van der Waals surface area contributed by atoms with Crippen molar-refractivity contribution in [3.8, 4) is 17.2 Å². The first kappa shape index (κ1) is 21.8. The SMILES string of the molecule is Cc1cnc(C(=O)Nc2cc(OCCO)cc(Oc3ccc(S(C)(=O)=O)cc3)c2)s1. The fourth-order valence-corrected chi connectivity index (χ4v) is 3.77. The van der Waals surface area contributed by atoms with E-state index in [-0.39, 0.29) is 24.0 Å². The van der Waals surface area contributed by atoms with E-state index in [1.54, 1.807) is 24.4 Å². The molecule has 0 aliphatic carbocycles. The summed E-state index contributed by atoms with van der Waals surface area (Å²) in [5.74, 6) is 0.800. The number of sulfone groups is 1. The zero-order chi connectivity index (χ0) is 21.7. The number of anilines is 1. The van der Waals surface area contributed by atoms with Crippen LogP contribution in [-0.2, 0) is 9.84 Å². The number of amides is 1. The predicted molar refractivity (Wildman–Crippen MR) is 113 cm³/mol. The van der Waals surface area contributed by atoms with Crippen LogP contribution in [0, 0.1) is 6.92 Å². The molecule has 3 rings (SSSR count). The highest BCUT2D eigenvalue weighted by molar-refractivity contribution is 7.90. The van der Waals surface area contributed by atoms with Crippen LogP contribution >= 0.6 is 11.3 Å². The molecular formula is C20H20N2O6S2. The number of rotatable bonds is 8. The molecule has 0 unspecified atom stereocenters. The topological polar surface area (TPSA) is 115 Å². The third-order valence-corrected chi connectivity index (χ3v) is 5.84. The minimum absolute atomic E-state index is 0.0750. The number of nitrogens with zero attached hydrogens (tertiary/aromatic N) is 1. The largest absolute Gasteiger partial charge is 0.491 e. The minimum atomic E-state index is -3.31. The van der Waals surface area contributed by atoms with Gasteiger partial charge in [-0.15, -0.1) is 11.3 Å². The molecule has 0 saturated carbocycles. The summed E-state index contributed by atoms with van der Waals surface area (Å²) in [4.78, 5) is 17.6. The van der Waals surface area contributed by atoms with E-state index in [0.29, 0.717) is 27.9 Å². The molecule has 2 N–H and O–H groups in total. The van der Waals surface area contributed by atoms with Crippen LogP contribution < -0.4 is 14.8 Å². The number of aromatic nitrogens is 1. The lowest BCUT2D eigenvalue weighted by Gasteiger charge is -2.12. The van der Waals surface area contributed by atoms with Crippen LogP contribution in [0.1, 0.15) is 14.7 Å². The highest BCUT2D eigenvalue weighted by atomic mass is 32.2. The molecule has 10 heteroatoms. The minimum Gasteiger partial charge on any atom is -0.491 e. The fraction of sp³-hybridized carbons (Fsp3) is 0.200. The number of aryl methyl sites for hydroxylation is 1. The van der Waals surface area contributed by atoms with Crippen molar-refractivity contribution in [3.63, 3.8) is 0 Å². The molecule has 2 aromatic carbocycles. The summed E-state index contributed by atoms with van der Waals surface area (Å²) in [6.45, 7) is 1.77. The third-order valence-electron chi connectivity index (χ3n) is 3.80. The molecule has 0 aliphatic rings. The Morgan fingerprint density at radius 2 is 1.83 bits per heavy atom. The van der Waals surface area contributed by atoms with Crippen LogP contribution in [0.2, 0.25) is 0 Å². The normalized spacial score (nSPS) is 11.2. The number of thiazole rings is 1. The summed E-state index contributed by atoms with van der Waals surface area (Å²) in [7, 11) is -3.31. The zero-order valence-corrected chi connectivity index (χ0v) is 17.9. The summed E-state index contributed by atoms with van der Waals surface area (Å²) in [6.07, 6.45) is 2.75. The number of hydrogen-bond acceptors (Lipinski definition) is 8. The van der Waals surface area contributed by atoms with Crippen molar-refractivity contribution < 1.29 is 27.8 Å². The Morgan fingerprint density at radius 1 is 1.13 bits per heavy atom. The molecular weight excluding hydrogens is 428 g/mol. The number of nitrogens with one attached hydrogen (secondary N) is 1. The van der Waals surface area contributed by atoms with Crippen molar-refractivity contribution in [2.75, 3.05) is 24.8 Å². The number of aliphatic hydroxyl groups is 1. The Bertz CT molecular complexity index is 1140. The van der Waals surface area contributed by atoms with Gasteiger partial charge < -0.3 is 19.9 Å². The predicted octanol–water partition coefficient (Wildman–Crippen LogP) is 3.27. The second-order valence-electron chi connectivity index (χ2n) is 6.34. The number of carbonyl (C=O) groups is 1. The fourth-order valence-electron chi connectivity index (χ4n) is 2.48. The van der Waals surface area contributed by atoms with Gasteiger partial charge in [0.15, 0.2) is 14.8 Å². The number of aliphatic hydroxyl groups excluding tert-OH is 1. The monoisotopic (exact) mass is 448 g/mol. The molecule has 3 aromatic rings. The highest BCUT2D eigenvalue weighted by Gasteiger charge is 2.13. The Labute approximate surface area is 178 Å². The van der Waals surface area contributed by atoms with Crippen LogP contribution in [0.4, 0.5) is 5.69 Å². The second-order valence-corrected chi connectivity index (χ2v) is 9.59. The third kappa shape index (κ3) is 5.78. The second kappa shape index (κ2) is 9.24. The summed E-state index contributed by atoms with van der Waals surface area (Å²) >= 11 is 1.28. The standard InChI is InChI=1S/C20H20N2O6S2/c1-13-12-21-20(29-13)19(24)22-14-9-16(27-8-7-23)11-17(10-14)28-15-3-5-18(6-4-15)30(2,25)26/h3-6,9-12,23H,7-8H2,1-2H3,(H,22,24). The van der Waals surface area contributed by atoms with Gasteiger partial charge in [0.25, 0.3) is 5.91 Å². The van der Waals surface area contributed by atoms with Gasteiger partial charge in [-0.25, -0.2) is 13.4 Å². The molecule has 8 nitrogen and oxygen atoms in total.